The molecule has 4 heteroatoms. The first-order chi connectivity index (χ1) is 10.8. The lowest BCUT2D eigenvalue weighted by atomic mass is 9.93. The Morgan fingerprint density at radius 1 is 1.05 bits per heavy atom. The van der Waals surface area contributed by atoms with E-state index in [1.807, 2.05) is 6.07 Å². The van der Waals surface area contributed by atoms with E-state index in [-0.39, 0.29) is 0 Å². The van der Waals surface area contributed by atoms with E-state index in [9.17, 15) is 0 Å². The van der Waals surface area contributed by atoms with Crippen molar-refractivity contribution in [1.82, 2.24) is 15.1 Å². The molecule has 112 valence electrons. The quantitative estimate of drug-likeness (QED) is 0.744. The third kappa shape index (κ3) is 2.46. The Morgan fingerprint density at radius 3 is 2.59 bits per heavy atom. The maximum atomic E-state index is 4.99. The molecule has 1 aromatic heterocycles. The lowest BCUT2D eigenvalue weighted by Gasteiger charge is -2.21. The number of halogens is 1. The van der Waals surface area contributed by atoms with Gasteiger partial charge in [-0.1, -0.05) is 34.1 Å². The number of nitrogens with zero attached hydrogens (tertiary/aromatic N) is 2. The summed E-state index contributed by atoms with van der Waals surface area (Å²) in [7, 11) is 0. The molecule has 4 rings (SSSR count). The van der Waals surface area contributed by atoms with Crippen molar-refractivity contribution in [1.29, 1.82) is 0 Å². The van der Waals surface area contributed by atoms with Gasteiger partial charge in [-0.05, 0) is 56.3 Å². The Kier molecular flexibility index (Phi) is 3.72. The van der Waals surface area contributed by atoms with E-state index in [0.717, 1.165) is 36.1 Å². The zero-order valence-corrected chi connectivity index (χ0v) is 13.9. The lowest BCUT2D eigenvalue weighted by molar-refractivity contribution is 0.453. The third-order valence-corrected chi connectivity index (χ3v) is 4.89. The number of rotatable bonds is 2. The Bertz CT molecular complexity index is 789. The average Bonchev–Trinajstić information content (AvgIpc) is 2.95. The van der Waals surface area contributed by atoms with Gasteiger partial charge < -0.3 is 5.32 Å². The fourth-order valence-corrected chi connectivity index (χ4v) is 3.62. The summed E-state index contributed by atoms with van der Waals surface area (Å²) >= 11 is 3.59. The number of benzene rings is 2. The summed E-state index contributed by atoms with van der Waals surface area (Å²) in [5, 5.41) is 9.71. The predicted molar refractivity (Wildman–Crippen MR) is 93.6 cm³/mol. The summed E-state index contributed by atoms with van der Waals surface area (Å²) in [6, 6.07) is 16.9. The molecule has 3 aromatic rings. The molecule has 1 aliphatic rings. The Balaban J connectivity index is 1.91. The van der Waals surface area contributed by atoms with Crippen molar-refractivity contribution in [3.05, 3.63) is 58.7 Å². The number of hydrogen-bond acceptors (Lipinski definition) is 2. The van der Waals surface area contributed by atoms with Crippen LogP contribution < -0.4 is 5.32 Å². The lowest BCUT2D eigenvalue weighted by Crippen LogP contribution is -2.26. The summed E-state index contributed by atoms with van der Waals surface area (Å²) in [4.78, 5) is 0. The number of piperidine rings is 1. The smallest absolute Gasteiger partial charge is 0.0755 e. The highest BCUT2D eigenvalue weighted by molar-refractivity contribution is 9.10. The van der Waals surface area contributed by atoms with Crippen molar-refractivity contribution < 1.29 is 0 Å². The van der Waals surface area contributed by atoms with E-state index in [1.54, 1.807) is 0 Å². The molecular weight excluding hydrogens is 338 g/mol. The van der Waals surface area contributed by atoms with E-state index < -0.39 is 0 Å². The monoisotopic (exact) mass is 355 g/mol. The largest absolute Gasteiger partial charge is 0.317 e. The van der Waals surface area contributed by atoms with Crippen LogP contribution in [0.15, 0.2) is 53.0 Å². The van der Waals surface area contributed by atoms with E-state index in [1.165, 1.54) is 16.6 Å². The first-order valence-corrected chi connectivity index (χ1v) is 8.56. The van der Waals surface area contributed by atoms with Crippen molar-refractivity contribution in [3.63, 3.8) is 0 Å². The van der Waals surface area contributed by atoms with Gasteiger partial charge >= 0.3 is 0 Å². The molecule has 0 saturated carbocycles. The van der Waals surface area contributed by atoms with Crippen LogP contribution in [-0.4, -0.2) is 22.9 Å². The van der Waals surface area contributed by atoms with Gasteiger partial charge in [-0.15, -0.1) is 0 Å². The summed E-state index contributed by atoms with van der Waals surface area (Å²) in [6.07, 6.45) is 2.33. The first-order valence-electron chi connectivity index (χ1n) is 7.77. The van der Waals surface area contributed by atoms with Gasteiger partial charge in [0.1, 0.15) is 0 Å². The van der Waals surface area contributed by atoms with Crippen LogP contribution in [0.1, 0.15) is 24.5 Å². The molecule has 22 heavy (non-hydrogen) atoms. The van der Waals surface area contributed by atoms with Crippen molar-refractivity contribution >= 4 is 26.8 Å². The molecule has 0 amide bonds. The molecule has 0 unspecified atom stereocenters. The molecule has 1 N–H and O–H groups in total. The maximum absolute atomic E-state index is 4.99. The number of nitrogens with one attached hydrogen (secondary N) is 1. The van der Waals surface area contributed by atoms with E-state index in [2.05, 4.69) is 68.4 Å². The van der Waals surface area contributed by atoms with Crippen molar-refractivity contribution in [3.8, 4) is 5.69 Å². The minimum absolute atomic E-state index is 0.551. The van der Waals surface area contributed by atoms with Gasteiger partial charge in [0.15, 0.2) is 0 Å². The molecule has 3 nitrogen and oxygen atoms in total. The third-order valence-electron chi connectivity index (χ3n) is 4.40. The van der Waals surface area contributed by atoms with Crippen LogP contribution in [0.2, 0.25) is 0 Å². The van der Waals surface area contributed by atoms with Gasteiger partial charge in [0.05, 0.1) is 16.9 Å². The fourth-order valence-electron chi connectivity index (χ4n) is 3.28. The zero-order chi connectivity index (χ0) is 14.9. The second kappa shape index (κ2) is 5.86. The molecule has 0 atom stereocenters. The fraction of sp³-hybridized carbons (Fsp3) is 0.278. The molecule has 1 aliphatic heterocycles. The van der Waals surface area contributed by atoms with Gasteiger partial charge in [0.2, 0.25) is 0 Å². The summed E-state index contributed by atoms with van der Waals surface area (Å²) in [5.74, 6) is 0.551. The molecular formula is C18H18BrN3. The van der Waals surface area contributed by atoms with Crippen LogP contribution in [0, 0.1) is 0 Å². The predicted octanol–water partition coefficient (Wildman–Crippen LogP) is 4.26. The van der Waals surface area contributed by atoms with Gasteiger partial charge in [-0.25, -0.2) is 4.68 Å². The van der Waals surface area contributed by atoms with Crippen LogP contribution >= 0.6 is 15.9 Å². The standard InChI is InChI=1S/C18H18BrN3/c19-14-6-7-16-17(12-14)22(15-4-2-1-3-5-15)21-18(16)13-8-10-20-11-9-13/h1-7,12-13,20H,8-11H2. The van der Waals surface area contributed by atoms with E-state index >= 15 is 0 Å². The van der Waals surface area contributed by atoms with Crippen molar-refractivity contribution in [2.45, 2.75) is 18.8 Å². The Labute approximate surface area is 138 Å². The van der Waals surface area contributed by atoms with Crippen LogP contribution in [0.4, 0.5) is 0 Å². The maximum Gasteiger partial charge on any atom is 0.0755 e. The Morgan fingerprint density at radius 2 is 1.82 bits per heavy atom. The minimum Gasteiger partial charge on any atom is -0.317 e. The van der Waals surface area contributed by atoms with Gasteiger partial charge in [-0.2, -0.15) is 5.10 Å². The van der Waals surface area contributed by atoms with Crippen LogP contribution in [-0.2, 0) is 0 Å². The summed E-state index contributed by atoms with van der Waals surface area (Å²) in [6.45, 7) is 2.17. The number of hydrogen-bond donors (Lipinski definition) is 1. The topological polar surface area (TPSA) is 29.9 Å². The highest BCUT2D eigenvalue weighted by Gasteiger charge is 2.22. The molecule has 2 aromatic carbocycles. The second-order valence-electron chi connectivity index (χ2n) is 5.82. The number of para-hydroxylation sites is 1. The molecule has 0 bridgehead atoms. The van der Waals surface area contributed by atoms with Crippen LogP contribution in [0.3, 0.4) is 0 Å². The Hall–Kier alpha value is -1.65. The number of fused-ring (bicyclic) bond motifs is 1. The van der Waals surface area contributed by atoms with Crippen molar-refractivity contribution in [2.24, 2.45) is 0 Å². The highest BCUT2D eigenvalue weighted by atomic mass is 79.9. The SMILES string of the molecule is Brc1ccc2c(C3CCNCC3)nn(-c3ccccc3)c2c1. The summed E-state index contributed by atoms with van der Waals surface area (Å²) in [5.41, 5.74) is 3.53. The molecule has 0 aliphatic carbocycles. The molecule has 1 fully saturated rings. The molecule has 0 radical (unpaired) electrons. The zero-order valence-electron chi connectivity index (χ0n) is 12.3. The van der Waals surface area contributed by atoms with Crippen LogP contribution in [0.5, 0.6) is 0 Å². The summed E-state index contributed by atoms with van der Waals surface area (Å²) < 4.78 is 3.17. The minimum atomic E-state index is 0.551. The molecule has 2 heterocycles. The second-order valence-corrected chi connectivity index (χ2v) is 6.73. The van der Waals surface area contributed by atoms with Gasteiger partial charge in [0, 0.05) is 15.8 Å². The van der Waals surface area contributed by atoms with Crippen LogP contribution in [0.25, 0.3) is 16.6 Å². The molecule has 0 spiro atoms. The molecule has 1 saturated heterocycles. The highest BCUT2D eigenvalue weighted by Crippen LogP contribution is 2.33. The first kappa shape index (κ1) is 14.0. The number of aromatic nitrogens is 2. The van der Waals surface area contributed by atoms with Crippen molar-refractivity contribution in [2.75, 3.05) is 13.1 Å². The average molecular weight is 356 g/mol. The normalized spacial score (nSPS) is 16.2. The van der Waals surface area contributed by atoms with E-state index in [4.69, 9.17) is 5.10 Å². The van der Waals surface area contributed by atoms with Gasteiger partial charge in [-0.3, -0.25) is 0 Å². The van der Waals surface area contributed by atoms with Gasteiger partial charge in [0.25, 0.3) is 0 Å². The van der Waals surface area contributed by atoms with E-state index in [0.29, 0.717) is 5.92 Å².